The first-order valence-corrected chi connectivity index (χ1v) is 6.01. The molecule has 1 aliphatic heterocycles. The predicted molar refractivity (Wildman–Crippen MR) is 67.2 cm³/mol. The first-order valence-electron chi connectivity index (χ1n) is 6.01. The number of piperazine rings is 1. The number of nitrogens with one attached hydrogen (secondary N) is 1. The van der Waals surface area contributed by atoms with Gasteiger partial charge in [0, 0.05) is 13.1 Å². The fraction of sp³-hybridized carbons (Fsp3) is 0.385. The van der Waals surface area contributed by atoms with Crippen molar-refractivity contribution >= 4 is 11.8 Å². The lowest BCUT2D eigenvalue weighted by Gasteiger charge is -2.32. The maximum absolute atomic E-state index is 12.3. The van der Waals surface area contributed by atoms with Crippen molar-refractivity contribution in [3.63, 3.8) is 0 Å². The molecule has 2 amide bonds. The van der Waals surface area contributed by atoms with Gasteiger partial charge in [-0.15, -0.1) is 0 Å². The van der Waals surface area contributed by atoms with E-state index in [1.165, 1.54) is 11.0 Å². The van der Waals surface area contributed by atoms with Gasteiger partial charge in [-0.05, 0) is 26.0 Å². The van der Waals surface area contributed by atoms with Gasteiger partial charge in [-0.25, -0.2) is 4.98 Å². The molecule has 19 heavy (non-hydrogen) atoms. The zero-order chi connectivity index (χ0) is 14.0. The van der Waals surface area contributed by atoms with Crippen LogP contribution in [0.2, 0.25) is 0 Å². The summed E-state index contributed by atoms with van der Waals surface area (Å²) in [4.78, 5) is 29.5. The van der Waals surface area contributed by atoms with Gasteiger partial charge in [0.2, 0.25) is 5.91 Å². The molecule has 1 saturated heterocycles. The van der Waals surface area contributed by atoms with Crippen LogP contribution in [0.1, 0.15) is 28.7 Å². The number of rotatable bonds is 1. The average Bonchev–Trinajstić information content (AvgIpc) is 2.41. The Hall–Kier alpha value is -2.42. The predicted octanol–water partition coefficient (Wildman–Crippen LogP) is 0.222. The molecule has 6 heteroatoms. The maximum Gasteiger partial charge on any atom is 0.273 e. The summed E-state index contributed by atoms with van der Waals surface area (Å²) < 4.78 is 0. The second-order valence-electron chi connectivity index (χ2n) is 4.41. The van der Waals surface area contributed by atoms with Crippen LogP contribution in [-0.2, 0) is 4.79 Å². The Bertz CT molecular complexity index is 576. The Morgan fingerprint density at radius 2 is 2.32 bits per heavy atom. The quantitative estimate of drug-likeness (QED) is 0.780. The maximum atomic E-state index is 12.3. The summed E-state index contributed by atoms with van der Waals surface area (Å²) >= 11 is 0. The minimum Gasteiger partial charge on any atom is -0.353 e. The highest BCUT2D eigenvalue weighted by Crippen LogP contribution is 2.12. The molecular formula is C13H14N4O2. The van der Waals surface area contributed by atoms with Crippen LogP contribution >= 0.6 is 0 Å². The third-order valence-electron chi connectivity index (χ3n) is 3.19. The first-order chi connectivity index (χ1) is 9.04. The molecule has 1 N–H and O–H groups in total. The highest BCUT2D eigenvalue weighted by molar-refractivity contribution is 5.96. The zero-order valence-corrected chi connectivity index (χ0v) is 10.8. The molecule has 1 fully saturated rings. The van der Waals surface area contributed by atoms with E-state index in [-0.39, 0.29) is 17.5 Å². The monoisotopic (exact) mass is 258 g/mol. The first kappa shape index (κ1) is 13.0. The molecule has 1 aliphatic rings. The van der Waals surface area contributed by atoms with Gasteiger partial charge in [0.15, 0.2) is 0 Å². The molecule has 2 heterocycles. The Kier molecular flexibility index (Phi) is 3.47. The molecule has 0 aromatic carbocycles. The van der Waals surface area contributed by atoms with Crippen molar-refractivity contribution in [1.29, 1.82) is 5.26 Å². The Labute approximate surface area is 111 Å². The zero-order valence-electron chi connectivity index (χ0n) is 10.8. The van der Waals surface area contributed by atoms with Crippen molar-refractivity contribution in [3.8, 4) is 6.07 Å². The minimum atomic E-state index is -0.501. The normalized spacial score (nSPS) is 18.7. The second-order valence-corrected chi connectivity index (χ2v) is 4.41. The summed E-state index contributed by atoms with van der Waals surface area (Å²) in [6.07, 6.45) is 0. The number of pyridine rings is 1. The van der Waals surface area contributed by atoms with E-state index in [2.05, 4.69) is 10.3 Å². The van der Waals surface area contributed by atoms with Crippen LogP contribution in [0.15, 0.2) is 12.1 Å². The van der Waals surface area contributed by atoms with Gasteiger partial charge >= 0.3 is 0 Å². The highest BCUT2D eigenvalue weighted by atomic mass is 16.2. The van der Waals surface area contributed by atoms with Crippen LogP contribution in [-0.4, -0.2) is 40.8 Å². The van der Waals surface area contributed by atoms with E-state index >= 15 is 0 Å². The molecule has 1 atom stereocenters. The Morgan fingerprint density at radius 3 is 2.95 bits per heavy atom. The standard InChI is InChI=1S/C13H14N4O2/c1-8-10(7-14)3-4-11(16-8)13(19)17-6-5-15-12(18)9(17)2/h3-4,9H,5-6H2,1-2H3,(H,15,18). The summed E-state index contributed by atoms with van der Waals surface area (Å²) in [6, 6.07) is 4.60. The van der Waals surface area contributed by atoms with Crippen molar-refractivity contribution in [2.75, 3.05) is 13.1 Å². The van der Waals surface area contributed by atoms with E-state index in [1.54, 1.807) is 19.9 Å². The van der Waals surface area contributed by atoms with Crippen molar-refractivity contribution in [2.45, 2.75) is 19.9 Å². The molecular weight excluding hydrogens is 244 g/mol. The van der Waals surface area contributed by atoms with Crippen molar-refractivity contribution in [2.24, 2.45) is 0 Å². The van der Waals surface area contributed by atoms with E-state index in [0.29, 0.717) is 24.3 Å². The minimum absolute atomic E-state index is 0.162. The third kappa shape index (κ3) is 2.40. The van der Waals surface area contributed by atoms with Crippen LogP contribution in [0.5, 0.6) is 0 Å². The Morgan fingerprint density at radius 1 is 1.58 bits per heavy atom. The lowest BCUT2D eigenvalue weighted by Crippen LogP contribution is -2.56. The van der Waals surface area contributed by atoms with Gasteiger partial charge in [0.05, 0.1) is 11.3 Å². The second kappa shape index (κ2) is 5.06. The summed E-state index contributed by atoms with van der Waals surface area (Å²) in [5.74, 6) is -0.445. The SMILES string of the molecule is Cc1nc(C(=O)N2CCNC(=O)C2C)ccc1C#N. The van der Waals surface area contributed by atoms with Crippen LogP contribution in [0.3, 0.4) is 0 Å². The number of aromatic nitrogens is 1. The summed E-state index contributed by atoms with van der Waals surface area (Å²) in [5, 5.41) is 11.5. The molecule has 0 spiro atoms. The van der Waals surface area contributed by atoms with Crippen molar-refractivity contribution in [3.05, 3.63) is 29.1 Å². The average molecular weight is 258 g/mol. The van der Waals surface area contributed by atoms with Gasteiger partial charge in [-0.2, -0.15) is 5.26 Å². The van der Waals surface area contributed by atoms with Crippen LogP contribution in [0.25, 0.3) is 0 Å². The number of nitrogens with zero attached hydrogens (tertiary/aromatic N) is 3. The van der Waals surface area contributed by atoms with E-state index in [9.17, 15) is 9.59 Å². The number of nitriles is 1. The van der Waals surface area contributed by atoms with Crippen LogP contribution < -0.4 is 5.32 Å². The van der Waals surface area contributed by atoms with E-state index < -0.39 is 6.04 Å². The number of amides is 2. The molecule has 0 saturated carbocycles. The number of hydrogen-bond acceptors (Lipinski definition) is 4. The molecule has 6 nitrogen and oxygen atoms in total. The van der Waals surface area contributed by atoms with E-state index in [1.807, 2.05) is 6.07 Å². The molecule has 2 rings (SSSR count). The summed E-state index contributed by atoms with van der Waals surface area (Å²) in [6.45, 7) is 4.28. The smallest absolute Gasteiger partial charge is 0.273 e. The molecule has 0 bridgehead atoms. The van der Waals surface area contributed by atoms with E-state index in [4.69, 9.17) is 5.26 Å². The molecule has 0 aliphatic carbocycles. The van der Waals surface area contributed by atoms with Gasteiger partial charge in [-0.3, -0.25) is 9.59 Å². The summed E-state index contributed by atoms with van der Waals surface area (Å²) in [7, 11) is 0. The molecule has 1 unspecified atom stereocenters. The van der Waals surface area contributed by atoms with Gasteiger partial charge < -0.3 is 10.2 Å². The number of carbonyl (C=O) groups is 2. The molecule has 0 radical (unpaired) electrons. The molecule has 1 aromatic heterocycles. The lowest BCUT2D eigenvalue weighted by molar-refractivity contribution is -0.127. The largest absolute Gasteiger partial charge is 0.353 e. The van der Waals surface area contributed by atoms with Crippen LogP contribution in [0, 0.1) is 18.3 Å². The van der Waals surface area contributed by atoms with Gasteiger partial charge in [0.1, 0.15) is 17.8 Å². The fourth-order valence-corrected chi connectivity index (χ4v) is 2.01. The topological polar surface area (TPSA) is 86.1 Å². The molecule has 98 valence electrons. The van der Waals surface area contributed by atoms with Crippen molar-refractivity contribution < 1.29 is 9.59 Å². The van der Waals surface area contributed by atoms with Gasteiger partial charge in [0.25, 0.3) is 5.91 Å². The lowest BCUT2D eigenvalue weighted by atomic mass is 10.1. The van der Waals surface area contributed by atoms with Crippen LogP contribution in [0.4, 0.5) is 0 Å². The Balaban J connectivity index is 2.27. The van der Waals surface area contributed by atoms with Crippen molar-refractivity contribution in [1.82, 2.24) is 15.2 Å². The van der Waals surface area contributed by atoms with Gasteiger partial charge in [-0.1, -0.05) is 0 Å². The number of hydrogen-bond donors (Lipinski definition) is 1. The molecule has 1 aromatic rings. The fourth-order valence-electron chi connectivity index (χ4n) is 2.01. The number of aryl methyl sites for hydroxylation is 1. The number of carbonyl (C=O) groups excluding carboxylic acids is 2. The van der Waals surface area contributed by atoms with E-state index in [0.717, 1.165) is 0 Å². The third-order valence-corrected chi connectivity index (χ3v) is 3.19. The highest BCUT2D eigenvalue weighted by Gasteiger charge is 2.30. The summed E-state index contributed by atoms with van der Waals surface area (Å²) in [5.41, 5.74) is 1.22.